The predicted molar refractivity (Wildman–Crippen MR) is 109 cm³/mol. The molecule has 2 aliphatic heterocycles. The van der Waals surface area contributed by atoms with Crippen molar-refractivity contribution in [2.75, 3.05) is 13.1 Å². The highest BCUT2D eigenvalue weighted by atomic mass is 16.1. The molecule has 0 N–H and O–H groups in total. The molecule has 8 nitrogen and oxygen atoms in total. The van der Waals surface area contributed by atoms with Gasteiger partial charge in [0.15, 0.2) is 5.82 Å². The van der Waals surface area contributed by atoms with Crippen LogP contribution in [0.15, 0.2) is 41.6 Å². The molecule has 0 aromatic carbocycles. The lowest BCUT2D eigenvalue weighted by Crippen LogP contribution is -2.36. The molecule has 152 valence electrons. The smallest absolute Gasteiger partial charge is 0.266 e. The van der Waals surface area contributed by atoms with Crippen LogP contribution >= 0.6 is 0 Å². The Morgan fingerprint density at radius 3 is 2.79 bits per heavy atom. The second kappa shape index (κ2) is 7.94. The number of fused-ring (bicyclic) bond motifs is 1. The average Bonchev–Trinajstić information content (AvgIpc) is 3.40. The van der Waals surface area contributed by atoms with Gasteiger partial charge in [-0.15, -0.1) is 5.10 Å². The van der Waals surface area contributed by atoms with Crippen LogP contribution in [-0.4, -0.2) is 47.1 Å². The van der Waals surface area contributed by atoms with Crippen LogP contribution in [0.4, 0.5) is 0 Å². The van der Waals surface area contributed by atoms with Gasteiger partial charge in [-0.2, -0.15) is 5.10 Å². The highest BCUT2D eigenvalue weighted by Crippen LogP contribution is 2.21. The maximum absolute atomic E-state index is 12.3. The molecule has 0 aliphatic carbocycles. The van der Waals surface area contributed by atoms with Crippen molar-refractivity contribution in [2.24, 2.45) is 5.92 Å². The second-order valence-electron chi connectivity index (χ2n) is 8.18. The number of nitrogens with zero attached hydrogens (tertiary/aromatic N) is 7. The largest absolute Gasteiger partial charge is 0.335 e. The lowest BCUT2D eigenvalue weighted by Gasteiger charge is -2.31. The fourth-order valence-electron chi connectivity index (χ4n) is 4.44. The predicted octanol–water partition coefficient (Wildman–Crippen LogP) is 1.87. The van der Waals surface area contributed by atoms with Crippen LogP contribution in [0.1, 0.15) is 37.2 Å². The van der Waals surface area contributed by atoms with Gasteiger partial charge in [0.25, 0.3) is 5.56 Å². The van der Waals surface area contributed by atoms with Crippen molar-refractivity contribution in [3.05, 3.63) is 58.7 Å². The highest BCUT2D eigenvalue weighted by molar-refractivity contribution is 5.17. The van der Waals surface area contributed by atoms with Crippen molar-refractivity contribution in [2.45, 2.75) is 51.7 Å². The first-order valence-corrected chi connectivity index (χ1v) is 10.6. The lowest BCUT2D eigenvalue weighted by molar-refractivity contribution is 0.162. The van der Waals surface area contributed by atoms with Gasteiger partial charge in [-0.25, -0.2) is 14.3 Å². The number of piperidine rings is 1. The van der Waals surface area contributed by atoms with Gasteiger partial charge in [0.05, 0.1) is 5.69 Å². The van der Waals surface area contributed by atoms with Gasteiger partial charge in [-0.3, -0.25) is 9.69 Å². The minimum absolute atomic E-state index is 0.0491. The van der Waals surface area contributed by atoms with Gasteiger partial charge in [0, 0.05) is 50.7 Å². The molecule has 1 fully saturated rings. The SMILES string of the molecule is O=c1ccc(-n2cccn2)nn1CC1CCN(Cc2cn3c(n2)CCCC3)CC1. The Morgan fingerprint density at radius 1 is 1.10 bits per heavy atom. The normalized spacial score (nSPS) is 18.1. The molecular formula is C21H27N7O. The van der Waals surface area contributed by atoms with Gasteiger partial charge in [0.2, 0.25) is 0 Å². The van der Waals surface area contributed by atoms with Crippen molar-refractivity contribution in [3.63, 3.8) is 0 Å². The first-order chi connectivity index (χ1) is 14.2. The molecule has 29 heavy (non-hydrogen) atoms. The van der Waals surface area contributed by atoms with Gasteiger partial charge < -0.3 is 4.57 Å². The maximum Gasteiger partial charge on any atom is 0.266 e. The van der Waals surface area contributed by atoms with E-state index in [1.54, 1.807) is 27.7 Å². The molecule has 0 radical (unpaired) electrons. The number of aryl methyl sites for hydroxylation is 2. The van der Waals surface area contributed by atoms with Crippen molar-refractivity contribution in [1.82, 2.24) is 34.0 Å². The Labute approximate surface area is 169 Å². The van der Waals surface area contributed by atoms with Crippen molar-refractivity contribution in [1.29, 1.82) is 0 Å². The number of hydrogen-bond donors (Lipinski definition) is 0. The Hall–Kier alpha value is -2.74. The highest BCUT2D eigenvalue weighted by Gasteiger charge is 2.22. The van der Waals surface area contributed by atoms with E-state index in [1.807, 2.05) is 12.3 Å². The van der Waals surface area contributed by atoms with Crippen LogP contribution in [0.5, 0.6) is 0 Å². The summed E-state index contributed by atoms with van der Waals surface area (Å²) in [5, 5.41) is 8.71. The van der Waals surface area contributed by atoms with E-state index in [-0.39, 0.29) is 5.56 Å². The molecule has 0 saturated carbocycles. The zero-order valence-electron chi connectivity index (χ0n) is 16.7. The summed E-state index contributed by atoms with van der Waals surface area (Å²) < 4.78 is 5.61. The van der Waals surface area contributed by atoms with E-state index in [0.29, 0.717) is 18.3 Å². The Kier molecular flexibility index (Phi) is 5.01. The summed E-state index contributed by atoms with van der Waals surface area (Å²) in [7, 11) is 0. The molecule has 3 aromatic rings. The summed E-state index contributed by atoms with van der Waals surface area (Å²) in [5.41, 5.74) is 1.15. The molecule has 0 amide bonds. The quantitative estimate of drug-likeness (QED) is 0.662. The third-order valence-corrected chi connectivity index (χ3v) is 6.07. The number of hydrogen-bond acceptors (Lipinski definition) is 5. The third kappa shape index (κ3) is 4.03. The van der Waals surface area contributed by atoms with Crippen LogP contribution in [0, 0.1) is 5.92 Å². The molecule has 0 bridgehead atoms. The van der Waals surface area contributed by atoms with Crippen LogP contribution in [0.3, 0.4) is 0 Å². The topological polar surface area (TPSA) is 73.8 Å². The molecule has 2 aliphatic rings. The van der Waals surface area contributed by atoms with Crippen LogP contribution in [-0.2, 0) is 26.1 Å². The summed E-state index contributed by atoms with van der Waals surface area (Å²) in [6.07, 6.45) is 11.6. The summed E-state index contributed by atoms with van der Waals surface area (Å²) in [6.45, 7) is 4.80. The van der Waals surface area contributed by atoms with Gasteiger partial charge in [0.1, 0.15) is 5.82 Å². The summed E-state index contributed by atoms with van der Waals surface area (Å²) in [5.74, 6) is 2.40. The zero-order chi connectivity index (χ0) is 19.6. The van der Waals surface area contributed by atoms with E-state index in [0.717, 1.165) is 45.4 Å². The lowest BCUT2D eigenvalue weighted by atomic mass is 9.97. The van der Waals surface area contributed by atoms with Crippen LogP contribution < -0.4 is 5.56 Å². The van der Waals surface area contributed by atoms with Crippen LogP contribution in [0.2, 0.25) is 0 Å². The van der Waals surface area contributed by atoms with E-state index in [2.05, 4.69) is 25.9 Å². The monoisotopic (exact) mass is 393 g/mol. The average molecular weight is 393 g/mol. The van der Waals surface area contributed by atoms with E-state index >= 15 is 0 Å². The van der Waals surface area contributed by atoms with E-state index in [4.69, 9.17) is 4.98 Å². The number of imidazole rings is 1. The zero-order valence-corrected chi connectivity index (χ0v) is 16.7. The fraction of sp³-hybridized carbons (Fsp3) is 0.524. The Morgan fingerprint density at radius 2 is 2.00 bits per heavy atom. The number of rotatable bonds is 5. The molecule has 8 heteroatoms. The molecular weight excluding hydrogens is 366 g/mol. The standard InChI is InChI=1S/C21H27N7O/c29-21-6-5-20(27-11-3-9-22-27)24-28(21)14-17-7-12-25(13-8-17)15-18-16-26-10-2-1-4-19(26)23-18/h3,5-6,9,11,16-17H,1-2,4,7-8,10,12-15H2. The summed E-state index contributed by atoms with van der Waals surface area (Å²) in [4.78, 5) is 19.6. The van der Waals surface area contributed by atoms with Gasteiger partial charge >= 0.3 is 0 Å². The Bertz CT molecular complexity index is 989. The first kappa shape index (κ1) is 18.3. The molecule has 5 heterocycles. The van der Waals surface area contributed by atoms with Crippen molar-refractivity contribution < 1.29 is 0 Å². The number of aromatic nitrogens is 6. The van der Waals surface area contributed by atoms with Crippen molar-refractivity contribution in [3.8, 4) is 5.82 Å². The second-order valence-corrected chi connectivity index (χ2v) is 8.18. The van der Waals surface area contributed by atoms with E-state index in [9.17, 15) is 4.79 Å². The molecule has 1 saturated heterocycles. The first-order valence-electron chi connectivity index (χ1n) is 10.6. The van der Waals surface area contributed by atoms with E-state index in [1.165, 1.54) is 24.4 Å². The van der Waals surface area contributed by atoms with Crippen molar-refractivity contribution >= 4 is 0 Å². The van der Waals surface area contributed by atoms with Crippen LogP contribution in [0.25, 0.3) is 5.82 Å². The minimum atomic E-state index is -0.0491. The molecule has 3 aromatic heterocycles. The van der Waals surface area contributed by atoms with E-state index < -0.39 is 0 Å². The minimum Gasteiger partial charge on any atom is -0.335 e. The fourth-order valence-corrected chi connectivity index (χ4v) is 4.44. The van der Waals surface area contributed by atoms with Gasteiger partial charge in [-0.1, -0.05) is 0 Å². The van der Waals surface area contributed by atoms with Gasteiger partial charge in [-0.05, 0) is 56.8 Å². The molecule has 0 spiro atoms. The molecule has 0 atom stereocenters. The third-order valence-electron chi connectivity index (χ3n) is 6.07. The summed E-state index contributed by atoms with van der Waals surface area (Å²) in [6, 6.07) is 5.15. The Balaban J connectivity index is 1.19. The molecule has 0 unspecified atom stereocenters. The summed E-state index contributed by atoms with van der Waals surface area (Å²) >= 11 is 0. The maximum atomic E-state index is 12.3. The number of likely N-dealkylation sites (tertiary alicyclic amines) is 1. The molecule has 5 rings (SSSR count).